The van der Waals surface area contributed by atoms with Crippen LogP contribution in [0.25, 0.3) is 0 Å². The van der Waals surface area contributed by atoms with E-state index in [0.717, 1.165) is 13.0 Å². The summed E-state index contributed by atoms with van der Waals surface area (Å²) in [6.07, 6.45) is 9.90. The molecule has 0 aliphatic carbocycles. The molecule has 0 aliphatic heterocycles. The Hall–Kier alpha value is -0.300. The van der Waals surface area contributed by atoms with Gasteiger partial charge in [-0.2, -0.15) is 0 Å². The van der Waals surface area contributed by atoms with Crippen LogP contribution in [-0.4, -0.2) is 13.1 Å². The van der Waals surface area contributed by atoms with Crippen LogP contribution in [0.4, 0.5) is 0 Å². The van der Waals surface area contributed by atoms with Crippen molar-refractivity contribution in [1.29, 1.82) is 0 Å². The van der Waals surface area contributed by atoms with Gasteiger partial charge in [-0.1, -0.05) is 38.7 Å². The predicted molar refractivity (Wildman–Crippen MR) is 56.4 cm³/mol. The Bertz CT molecular complexity index is 89.0. The summed E-state index contributed by atoms with van der Waals surface area (Å²) in [7, 11) is 0. The molecule has 0 bridgehead atoms. The summed E-state index contributed by atoms with van der Waals surface area (Å²) in [6.45, 7) is 8.20. The molecule has 0 aliphatic rings. The molecule has 12 heavy (non-hydrogen) atoms. The highest BCUT2D eigenvalue weighted by Crippen LogP contribution is 2.00. The van der Waals surface area contributed by atoms with Crippen LogP contribution in [0.5, 0.6) is 0 Å². The van der Waals surface area contributed by atoms with E-state index in [1.807, 2.05) is 6.08 Å². The molecular weight excluding hydrogens is 146 g/mol. The van der Waals surface area contributed by atoms with Crippen LogP contribution >= 0.6 is 0 Å². The van der Waals surface area contributed by atoms with Crippen molar-refractivity contribution in [3.05, 3.63) is 12.7 Å². The third-order valence-corrected chi connectivity index (χ3v) is 1.98. The summed E-state index contributed by atoms with van der Waals surface area (Å²) in [5, 5.41) is 3.39. The van der Waals surface area contributed by atoms with Gasteiger partial charge in [0.2, 0.25) is 0 Å². The van der Waals surface area contributed by atoms with Crippen LogP contribution in [0.15, 0.2) is 12.7 Å². The molecule has 0 atom stereocenters. The minimum absolute atomic E-state index is 1.09. The Morgan fingerprint density at radius 2 is 1.83 bits per heavy atom. The van der Waals surface area contributed by atoms with E-state index in [0.29, 0.717) is 0 Å². The number of rotatable bonds is 9. The van der Waals surface area contributed by atoms with Gasteiger partial charge in [-0.3, -0.25) is 0 Å². The lowest BCUT2D eigenvalue weighted by atomic mass is 10.1. The second-order valence-corrected chi connectivity index (χ2v) is 3.24. The predicted octanol–water partition coefficient (Wildman–Crippen LogP) is 3.12. The molecule has 0 radical (unpaired) electrons. The molecule has 0 heterocycles. The molecule has 1 N–H and O–H groups in total. The first-order chi connectivity index (χ1) is 5.91. The van der Waals surface area contributed by atoms with Crippen molar-refractivity contribution >= 4 is 0 Å². The maximum absolute atomic E-state index is 3.68. The van der Waals surface area contributed by atoms with Crippen molar-refractivity contribution in [1.82, 2.24) is 5.32 Å². The third kappa shape index (κ3) is 9.70. The first-order valence-corrected chi connectivity index (χ1v) is 5.23. The molecule has 0 rings (SSSR count). The van der Waals surface area contributed by atoms with Gasteiger partial charge in [0.25, 0.3) is 0 Å². The summed E-state index contributed by atoms with van der Waals surface area (Å²) < 4.78 is 0. The lowest BCUT2D eigenvalue weighted by Gasteiger charge is -2.01. The van der Waals surface area contributed by atoms with Crippen molar-refractivity contribution in [2.45, 2.75) is 45.4 Å². The molecule has 72 valence electrons. The zero-order chi connectivity index (χ0) is 9.07. The highest BCUT2D eigenvalue weighted by atomic mass is 14.8. The molecule has 0 fully saturated rings. The summed E-state index contributed by atoms with van der Waals surface area (Å²) >= 11 is 0. The SMILES string of the molecule is C=CCCNCCCCCCC. The maximum Gasteiger partial charge on any atom is -0.00144 e. The molecule has 1 heteroatoms. The maximum atomic E-state index is 3.68. The monoisotopic (exact) mass is 169 g/mol. The van der Waals surface area contributed by atoms with Crippen LogP contribution in [0.1, 0.15) is 45.4 Å². The minimum Gasteiger partial charge on any atom is -0.316 e. The zero-order valence-corrected chi connectivity index (χ0v) is 8.44. The largest absolute Gasteiger partial charge is 0.316 e. The third-order valence-electron chi connectivity index (χ3n) is 1.98. The van der Waals surface area contributed by atoms with E-state index in [1.165, 1.54) is 38.6 Å². The Labute approximate surface area is 77.2 Å². The second-order valence-electron chi connectivity index (χ2n) is 3.24. The fraction of sp³-hybridized carbons (Fsp3) is 0.818. The van der Waals surface area contributed by atoms with Crippen molar-refractivity contribution in [3.63, 3.8) is 0 Å². The van der Waals surface area contributed by atoms with E-state index >= 15 is 0 Å². The van der Waals surface area contributed by atoms with E-state index < -0.39 is 0 Å². The zero-order valence-electron chi connectivity index (χ0n) is 8.44. The van der Waals surface area contributed by atoms with E-state index in [-0.39, 0.29) is 0 Å². The van der Waals surface area contributed by atoms with Gasteiger partial charge in [0.1, 0.15) is 0 Å². The lowest BCUT2D eigenvalue weighted by Crippen LogP contribution is -2.15. The summed E-state index contributed by atoms with van der Waals surface area (Å²) in [4.78, 5) is 0. The Morgan fingerprint density at radius 1 is 1.08 bits per heavy atom. The lowest BCUT2D eigenvalue weighted by molar-refractivity contribution is 0.586. The summed E-state index contributed by atoms with van der Waals surface area (Å²) in [5.74, 6) is 0. The fourth-order valence-electron chi connectivity index (χ4n) is 1.18. The molecular formula is C11H23N. The van der Waals surface area contributed by atoms with Crippen LogP contribution in [0.2, 0.25) is 0 Å². The normalized spacial score (nSPS) is 10.1. The van der Waals surface area contributed by atoms with Gasteiger partial charge >= 0.3 is 0 Å². The molecule has 0 aromatic rings. The summed E-state index contributed by atoms with van der Waals surface area (Å²) in [6, 6.07) is 0. The summed E-state index contributed by atoms with van der Waals surface area (Å²) in [5.41, 5.74) is 0. The molecule has 1 nitrogen and oxygen atoms in total. The van der Waals surface area contributed by atoms with Crippen LogP contribution in [-0.2, 0) is 0 Å². The van der Waals surface area contributed by atoms with Crippen molar-refractivity contribution < 1.29 is 0 Å². The first-order valence-electron chi connectivity index (χ1n) is 5.23. The second kappa shape index (κ2) is 10.7. The topological polar surface area (TPSA) is 12.0 Å². The van der Waals surface area contributed by atoms with Gasteiger partial charge in [-0.05, 0) is 25.9 Å². The Morgan fingerprint density at radius 3 is 2.50 bits per heavy atom. The highest BCUT2D eigenvalue weighted by Gasteiger charge is 1.88. The van der Waals surface area contributed by atoms with Crippen molar-refractivity contribution in [2.75, 3.05) is 13.1 Å². The standard InChI is InChI=1S/C11H23N/c1-3-5-7-8-9-11-12-10-6-4-2/h4,12H,2-3,5-11H2,1H3. The first kappa shape index (κ1) is 11.7. The van der Waals surface area contributed by atoms with E-state index in [4.69, 9.17) is 0 Å². The van der Waals surface area contributed by atoms with Gasteiger partial charge in [-0.25, -0.2) is 0 Å². The van der Waals surface area contributed by atoms with Crippen LogP contribution in [0, 0.1) is 0 Å². The van der Waals surface area contributed by atoms with E-state index in [2.05, 4.69) is 18.8 Å². The van der Waals surface area contributed by atoms with Gasteiger partial charge < -0.3 is 5.32 Å². The quantitative estimate of drug-likeness (QED) is 0.413. The van der Waals surface area contributed by atoms with Crippen LogP contribution < -0.4 is 5.32 Å². The molecule has 0 saturated carbocycles. The number of unbranched alkanes of at least 4 members (excludes halogenated alkanes) is 4. The number of hydrogen-bond acceptors (Lipinski definition) is 1. The molecule has 0 aromatic carbocycles. The average Bonchev–Trinajstić information content (AvgIpc) is 2.10. The van der Waals surface area contributed by atoms with Crippen LogP contribution in [0.3, 0.4) is 0 Å². The van der Waals surface area contributed by atoms with Gasteiger partial charge in [-0.15, -0.1) is 6.58 Å². The minimum atomic E-state index is 1.09. The van der Waals surface area contributed by atoms with E-state index in [9.17, 15) is 0 Å². The molecule has 0 amide bonds. The molecule has 0 spiro atoms. The molecule has 0 unspecified atom stereocenters. The van der Waals surface area contributed by atoms with Gasteiger partial charge in [0.05, 0.1) is 0 Å². The van der Waals surface area contributed by atoms with Crippen molar-refractivity contribution in [2.24, 2.45) is 0 Å². The smallest absolute Gasteiger partial charge is 0.00144 e. The van der Waals surface area contributed by atoms with Crippen molar-refractivity contribution in [3.8, 4) is 0 Å². The average molecular weight is 169 g/mol. The Balaban J connectivity index is 2.77. The van der Waals surface area contributed by atoms with Gasteiger partial charge in [0.15, 0.2) is 0 Å². The molecule has 0 saturated heterocycles. The van der Waals surface area contributed by atoms with E-state index in [1.54, 1.807) is 0 Å². The Kier molecular flexibility index (Phi) is 10.4. The number of hydrogen-bond donors (Lipinski definition) is 1. The highest BCUT2D eigenvalue weighted by molar-refractivity contribution is 4.67. The number of nitrogens with one attached hydrogen (secondary N) is 1. The fourth-order valence-corrected chi connectivity index (χ4v) is 1.18. The molecule has 0 aromatic heterocycles. The van der Waals surface area contributed by atoms with Gasteiger partial charge in [0, 0.05) is 0 Å².